The molecule has 0 saturated heterocycles. The Hall–Kier alpha value is -1.40. The molecule has 1 aliphatic carbocycles. The molecular weight excluding hydrogens is 302 g/mol. The molecule has 1 aromatic rings. The number of carbonyl (C=O) groups excluding carboxylic acids is 1. The summed E-state index contributed by atoms with van der Waals surface area (Å²) in [5.74, 6) is 0.549. The lowest BCUT2D eigenvalue weighted by Crippen LogP contribution is -2.16. The van der Waals surface area contributed by atoms with Crippen LogP contribution in [0.4, 0.5) is 5.69 Å². The lowest BCUT2D eigenvalue weighted by atomic mass is 9.88. The molecule has 22 heavy (non-hydrogen) atoms. The minimum Gasteiger partial charge on any atom is -0.465 e. The van der Waals surface area contributed by atoms with Gasteiger partial charge in [-0.3, -0.25) is 4.79 Å². The largest absolute Gasteiger partial charge is 0.465 e. The maximum Gasteiger partial charge on any atom is 0.305 e. The fourth-order valence-electron chi connectivity index (χ4n) is 3.09. The van der Waals surface area contributed by atoms with Gasteiger partial charge in [0.1, 0.15) is 0 Å². The van der Waals surface area contributed by atoms with Crippen molar-refractivity contribution in [3.63, 3.8) is 0 Å². The third-order valence-electron chi connectivity index (χ3n) is 4.28. The van der Waals surface area contributed by atoms with Gasteiger partial charge in [-0.25, -0.2) is 4.21 Å². The average Bonchev–Trinajstić information content (AvgIpc) is 2.94. The Balaban J connectivity index is 2.07. The summed E-state index contributed by atoms with van der Waals surface area (Å²) in [4.78, 5) is 11.3. The minimum atomic E-state index is -1.89. The van der Waals surface area contributed by atoms with Crippen molar-refractivity contribution in [1.29, 1.82) is 0 Å². The first-order valence-corrected chi connectivity index (χ1v) is 8.90. The second-order valence-electron chi connectivity index (χ2n) is 5.76. The molecule has 1 fully saturated rings. The fraction of sp³-hybridized carbons (Fsp3) is 0.562. The zero-order chi connectivity index (χ0) is 16.1. The Labute approximate surface area is 133 Å². The number of benzene rings is 1. The number of hydrogen-bond donors (Lipinski definition) is 2. The third kappa shape index (κ3) is 4.30. The van der Waals surface area contributed by atoms with Gasteiger partial charge in [0, 0.05) is 12.1 Å². The van der Waals surface area contributed by atoms with Crippen LogP contribution in [-0.2, 0) is 26.4 Å². The second kappa shape index (κ2) is 7.74. The summed E-state index contributed by atoms with van der Waals surface area (Å²) in [5.41, 5.74) is 8.36. The number of hydrogen-bond acceptors (Lipinski definition) is 4. The summed E-state index contributed by atoms with van der Waals surface area (Å²) in [5, 5.41) is 0. The first-order chi connectivity index (χ1) is 10.5. The standard InChI is InChI=1S/C16H23NO4S/c1-2-16(18)21-9-12-4-3-5-14(12)11-6-7-13(10-22(19)20)15(17)8-11/h6-8,12,14H,2-5,9-10,17H2,1H3,(H,19,20). The number of nitrogens with two attached hydrogens (primary N) is 1. The van der Waals surface area contributed by atoms with Crippen LogP contribution < -0.4 is 5.73 Å². The van der Waals surface area contributed by atoms with Crippen LogP contribution in [0.3, 0.4) is 0 Å². The van der Waals surface area contributed by atoms with Gasteiger partial charge in [-0.05, 0) is 41.9 Å². The Morgan fingerprint density at radius 1 is 1.45 bits per heavy atom. The third-order valence-corrected chi connectivity index (χ3v) is 4.84. The van der Waals surface area contributed by atoms with Gasteiger partial charge in [-0.2, -0.15) is 0 Å². The van der Waals surface area contributed by atoms with E-state index in [-0.39, 0.29) is 11.7 Å². The zero-order valence-corrected chi connectivity index (χ0v) is 13.6. The van der Waals surface area contributed by atoms with Gasteiger partial charge in [-0.1, -0.05) is 25.5 Å². The van der Waals surface area contributed by atoms with E-state index in [9.17, 15) is 9.00 Å². The zero-order valence-electron chi connectivity index (χ0n) is 12.8. The van der Waals surface area contributed by atoms with Crippen LogP contribution in [0.25, 0.3) is 0 Å². The molecule has 1 aliphatic rings. The van der Waals surface area contributed by atoms with Crippen LogP contribution in [-0.4, -0.2) is 21.3 Å². The lowest BCUT2D eigenvalue weighted by Gasteiger charge is -2.20. The number of rotatable bonds is 6. The number of ether oxygens (including phenoxy) is 1. The quantitative estimate of drug-likeness (QED) is 0.477. The number of esters is 1. The topological polar surface area (TPSA) is 89.6 Å². The summed E-state index contributed by atoms with van der Waals surface area (Å²) in [6.07, 6.45) is 3.61. The fourth-order valence-corrected chi connectivity index (χ4v) is 3.61. The summed E-state index contributed by atoms with van der Waals surface area (Å²) < 4.78 is 25.2. The normalized spacial score (nSPS) is 22.5. The molecule has 0 radical (unpaired) electrons. The molecule has 0 bridgehead atoms. The van der Waals surface area contributed by atoms with Crippen LogP contribution in [0.5, 0.6) is 0 Å². The van der Waals surface area contributed by atoms with Gasteiger partial charge in [0.25, 0.3) is 0 Å². The highest BCUT2D eigenvalue weighted by Crippen LogP contribution is 2.40. The molecule has 0 aromatic heterocycles. The van der Waals surface area contributed by atoms with Crippen LogP contribution in [0.1, 0.15) is 49.7 Å². The van der Waals surface area contributed by atoms with E-state index in [0.717, 1.165) is 24.8 Å². The molecule has 0 aliphatic heterocycles. The number of anilines is 1. The van der Waals surface area contributed by atoms with Crippen LogP contribution >= 0.6 is 0 Å². The lowest BCUT2D eigenvalue weighted by molar-refractivity contribution is -0.144. The van der Waals surface area contributed by atoms with Crippen molar-refractivity contribution in [1.82, 2.24) is 0 Å². The molecule has 3 atom stereocenters. The van der Waals surface area contributed by atoms with Crippen molar-refractivity contribution in [2.75, 3.05) is 12.3 Å². The molecule has 1 saturated carbocycles. The summed E-state index contributed by atoms with van der Waals surface area (Å²) in [6.45, 7) is 2.25. The number of nitrogen functional groups attached to an aromatic ring is 1. The highest BCUT2D eigenvalue weighted by atomic mass is 32.2. The second-order valence-corrected chi connectivity index (χ2v) is 6.69. The van der Waals surface area contributed by atoms with Gasteiger partial charge < -0.3 is 15.0 Å². The molecule has 0 amide bonds. The molecule has 3 unspecified atom stereocenters. The van der Waals surface area contributed by atoms with Crippen molar-refractivity contribution in [3.05, 3.63) is 29.3 Å². The van der Waals surface area contributed by atoms with E-state index < -0.39 is 11.1 Å². The summed E-state index contributed by atoms with van der Waals surface area (Å²) >= 11 is -1.89. The maximum atomic E-state index is 11.3. The Kier molecular flexibility index (Phi) is 5.97. The first kappa shape index (κ1) is 17.0. The van der Waals surface area contributed by atoms with Crippen LogP contribution in [0, 0.1) is 5.92 Å². The molecule has 2 rings (SSSR count). The molecule has 0 spiro atoms. The average molecular weight is 325 g/mol. The smallest absolute Gasteiger partial charge is 0.305 e. The molecule has 0 heterocycles. The molecule has 122 valence electrons. The Morgan fingerprint density at radius 3 is 2.86 bits per heavy atom. The van der Waals surface area contributed by atoms with E-state index in [1.165, 1.54) is 0 Å². The Morgan fingerprint density at radius 2 is 2.23 bits per heavy atom. The van der Waals surface area contributed by atoms with Gasteiger partial charge >= 0.3 is 5.97 Å². The molecule has 1 aromatic carbocycles. The number of carbonyl (C=O) groups is 1. The van der Waals surface area contributed by atoms with Gasteiger partial charge in [0.15, 0.2) is 11.1 Å². The van der Waals surface area contributed by atoms with Gasteiger partial charge in [0.2, 0.25) is 0 Å². The van der Waals surface area contributed by atoms with Crippen molar-refractivity contribution < 1.29 is 18.3 Å². The summed E-state index contributed by atoms with van der Waals surface area (Å²) in [7, 11) is 0. The van der Waals surface area contributed by atoms with E-state index in [2.05, 4.69) is 0 Å². The molecular formula is C16H23NO4S. The summed E-state index contributed by atoms with van der Waals surface area (Å²) in [6, 6.07) is 5.70. The predicted octanol–water partition coefficient (Wildman–Crippen LogP) is 2.83. The van der Waals surface area contributed by atoms with Crippen molar-refractivity contribution >= 4 is 22.7 Å². The van der Waals surface area contributed by atoms with E-state index in [1.54, 1.807) is 6.92 Å². The maximum absolute atomic E-state index is 11.3. The Bertz CT molecular complexity index is 561. The predicted molar refractivity (Wildman–Crippen MR) is 86.7 cm³/mol. The van der Waals surface area contributed by atoms with E-state index in [4.69, 9.17) is 15.0 Å². The van der Waals surface area contributed by atoms with Gasteiger partial charge in [-0.15, -0.1) is 0 Å². The highest BCUT2D eigenvalue weighted by Gasteiger charge is 2.29. The van der Waals surface area contributed by atoms with Crippen molar-refractivity contribution in [3.8, 4) is 0 Å². The van der Waals surface area contributed by atoms with Crippen LogP contribution in [0.2, 0.25) is 0 Å². The molecule has 6 heteroatoms. The van der Waals surface area contributed by atoms with Crippen molar-refractivity contribution in [2.24, 2.45) is 5.92 Å². The SMILES string of the molecule is CCC(=O)OCC1CCCC1c1ccc(CS(=O)O)c(N)c1. The van der Waals surface area contributed by atoms with E-state index >= 15 is 0 Å². The van der Waals surface area contributed by atoms with Crippen LogP contribution in [0.15, 0.2) is 18.2 Å². The minimum absolute atomic E-state index is 0.0499. The monoisotopic (exact) mass is 325 g/mol. The molecule has 3 N–H and O–H groups in total. The van der Waals surface area contributed by atoms with Crippen molar-refractivity contribution in [2.45, 2.75) is 44.3 Å². The van der Waals surface area contributed by atoms with E-state index in [0.29, 0.717) is 36.1 Å². The van der Waals surface area contributed by atoms with Gasteiger partial charge in [0.05, 0.1) is 12.4 Å². The molecule has 5 nitrogen and oxygen atoms in total. The highest BCUT2D eigenvalue weighted by molar-refractivity contribution is 7.78. The first-order valence-electron chi connectivity index (χ1n) is 7.62. The van der Waals surface area contributed by atoms with E-state index in [1.807, 2.05) is 18.2 Å².